The summed E-state index contributed by atoms with van der Waals surface area (Å²) >= 11 is 12.1. The number of benzene rings is 2. The number of hydrogen-bond acceptors (Lipinski definition) is 3. The molecule has 3 rings (SSSR count). The van der Waals surface area contributed by atoms with Crippen molar-refractivity contribution >= 4 is 33.2 Å². The van der Waals surface area contributed by atoms with E-state index < -0.39 is 26.7 Å². The lowest BCUT2D eigenvalue weighted by Gasteiger charge is -2.32. The van der Waals surface area contributed by atoms with Crippen molar-refractivity contribution in [2.24, 2.45) is 0 Å². The van der Waals surface area contributed by atoms with Gasteiger partial charge in [-0.15, -0.1) is 0 Å². The number of alkyl halides is 3. The summed E-state index contributed by atoms with van der Waals surface area (Å²) in [5.74, 6) is 0.314. The van der Waals surface area contributed by atoms with E-state index in [1.165, 1.54) is 6.07 Å². The molecule has 2 aromatic rings. The lowest BCUT2D eigenvalue weighted by atomic mass is 10.1. The highest BCUT2D eigenvalue weighted by atomic mass is 35.5. The van der Waals surface area contributed by atoms with Crippen molar-refractivity contribution < 1.29 is 26.3 Å². The second kappa shape index (κ2) is 8.10. The Labute approximate surface area is 170 Å². The van der Waals surface area contributed by atoms with Crippen LogP contribution in [0.5, 0.6) is 5.75 Å². The Morgan fingerprint density at radius 2 is 1.54 bits per heavy atom. The third-order valence-corrected chi connectivity index (χ3v) is 6.97. The van der Waals surface area contributed by atoms with Gasteiger partial charge in [-0.3, -0.25) is 0 Å². The molecule has 0 atom stereocenters. The number of hydrogen-bond donors (Lipinski definition) is 0. The molecule has 0 spiro atoms. The van der Waals surface area contributed by atoms with Crippen molar-refractivity contribution in [3.63, 3.8) is 0 Å². The molecule has 0 unspecified atom stereocenters. The van der Waals surface area contributed by atoms with E-state index in [1.807, 2.05) is 0 Å². The van der Waals surface area contributed by atoms with Crippen molar-refractivity contribution in [3.8, 4) is 5.75 Å². The van der Waals surface area contributed by atoms with Crippen LogP contribution in [-0.4, -0.2) is 31.9 Å². The zero-order valence-electron chi connectivity index (χ0n) is 14.4. The average Bonchev–Trinajstić information content (AvgIpc) is 2.64. The van der Waals surface area contributed by atoms with E-state index in [2.05, 4.69) is 0 Å². The van der Waals surface area contributed by atoms with E-state index in [9.17, 15) is 21.6 Å². The van der Waals surface area contributed by atoms with Crippen LogP contribution in [0.4, 0.5) is 13.2 Å². The largest absolute Gasteiger partial charge is 0.487 e. The maximum absolute atomic E-state index is 13.2. The molecule has 0 aliphatic carbocycles. The first-order valence-corrected chi connectivity index (χ1v) is 10.6. The van der Waals surface area contributed by atoms with Gasteiger partial charge in [0.05, 0.1) is 20.5 Å². The third kappa shape index (κ3) is 4.40. The molecule has 0 bridgehead atoms. The SMILES string of the molecule is O=S(=O)(c1ccccc1C(F)(F)F)N1CCC(Oc2c(Cl)cccc2Cl)CC1. The predicted molar refractivity (Wildman–Crippen MR) is 100 cm³/mol. The first-order chi connectivity index (χ1) is 13.1. The monoisotopic (exact) mass is 453 g/mol. The lowest BCUT2D eigenvalue weighted by Crippen LogP contribution is -2.42. The van der Waals surface area contributed by atoms with E-state index >= 15 is 0 Å². The third-order valence-electron chi connectivity index (χ3n) is 4.41. The highest BCUT2D eigenvalue weighted by molar-refractivity contribution is 7.89. The smallest absolute Gasteiger partial charge is 0.417 e. The number of piperidine rings is 1. The molecule has 1 heterocycles. The number of sulfonamides is 1. The van der Waals surface area contributed by atoms with Crippen LogP contribution in [0.2, 0.25) is 10.0 Å². The molecule has 1 saturated heterocycles. The summed E-state index contributed by atoms with van der Waals surface area (Å²) in [6.45, 7) is 0.0581. The van der Waals surface area contributed by atoms with Gasteiger partial charge in [-0.05, 0) is 37.1 Å². The molecule has 0 N–H and O–H groups in total. The molecule has 2 aromatic carbocycles. The van der Waals surface area contributed by atoms with Crippen LogP contribution in [0.1, 0.15) is 18.4 Å². The molecule has 152 valence electrons. The normalized spacial score (nSPS) is 16.9. The average molecular weight is 454 g/mol. The van der Waals surface area contributed by atoms with Gasteiger partial charge in [0.2, 0.25) is 10.0 Å². The molecule has 10 heteroatoms. The van der Waals surface area contributed by atoms with Crippen molar-refractivity contribution in [2.75, 3.05) is 13.1 Å². The fourth-order valence-electron chi connectivity index (χ4n) is 3.02. The Bertz CT molecular complexity index is 939. The fraction of sp³-hybridized carbons (Fsp3) is 0.333. The standard InChI is InChI=1S/C18H16Cl2F3NO3S/c19-14-5-3-6-15(20)17(14)27-12-8-10-24(11-9-12)28(25,26)16-7-2-1-4-13(16)18(21,22)23/h1-7,12H,8-11H2. The van der Waals surface area contributed by atoms with Crippen LogP contribution in [0.25, 0.3) is 0 Å². The predicted octanol–water partition coefficient (Wildman–Crippen LogP) is 5.24. The molecule has 0 amide bonds. The molecule has 28 heavy (non-hydrogen) atoms. The first-order valence-electron chi connectivity index (χ1n) is 8.38. The van der Waals surface area contributed by atoms with Crippen LogP contribution in [0.15, 0.2) is 47.4 Å². The highest BCUT2D eigenvalue weighted by Gasteiger charge is 2.39. The Hall–Kier alpha value is -1.48. The minimum Gasteiger partial charge on any atom is -0.487 e. The van der Waals surface area contributed by atoms with Crippen molar-refractivity contribution in [1.82, 2.24) is 4.31 Å². The number of nitrogens with zero attached hydrogens (tertiary/aromatic N) is 1. The molecule has 4 nitrogen and oxygen atoms in total. The van der Waals surface area contributed by atoms with Crippen LogP contribution in [-0.2, 0) is 16.2 Å². The highest BCUT2D eigenvalue weighted by Crippen LogP contribution is 2.37. The fourth-order valence-corrected chi connectivity index (χ4v) is 5.19. The minimum absolute atomic E-state index is 0.0290. The van der Waals surface area contributed by atoms with Crippen LogP contribution < -0.4 is 4.74 Å². The Balaban J connectivity index is 1.75. The van der Waals surface area contributed by atoms with E-state index in [-0.39, 0.29) is 19.2 Å². The van der Waals surface area contributed by atoms with Crippen LogP contribution >= 0.6 is 23.2 Å². The van der Waals surface area contributed by atoms with Gasteiger partial charge in [-0.25, -0.2) is 8.42 Å². The van der Waals surface area contributed by atoms with Crippen LogP contribution in [0, 0.1) is 0 Å². The van der Waals surface area contributed by atoms with Crippen LogP contribution in [0.3, 0.4) is 0 Å². The summed E-state index contributed by atoms with van der Waals surface area (Å²) in [6.07, 6.45) is -4.50. The topological polar surface area (TPSA) is 46.6 Å². The van der Waals surface area contributed by atoms with Crippen molar-refractivity contribution in [2.45, 2.75) is 30.0 Å². The summed E-state index contributed by atoms with van der Waals surface area (Å²) in [5.41, 5.74) is -1.17. The number of ether oxygens (including phenoxy) is 1. The lowest BCUT2D eigenvalue weighted by molar-refractivity contribution is -0.139. The molecule has 1 aliphatic rings. The molecular weight excluding hydrogens is 438 g/mol. The molecule has 0 aromatic heterocycles. The van der Waals surface area contributed by atoms with E-state index in [0.717, 1.165) is 22.5 Å². The summed E-state index contributed by atoms with van der Waals surface area (Å²) in [5, 5.41) is 0.670. The summed E-state index contributed by atoms with van der Waals surface area (Å²) in [6, 6.07) is 9.09. The molecule has 1 aliphatic heterocycles. The maximum atomic E-state index is 13.2. The Morgan fingerprint density at radius 3 is 2.11 bits per heavy atom. The molecule has 0 saturated carbocycles. The molecule has 1 fully saturated rings. The van der Waals surface area contributed by atoms with Gasteiger partial charge in [0.15, 0.2) is 5.75 Å². The van der Waals surface area contributed by atoms with E-state index in [0.29, 0.717) is 28.6 Å². The number of para-hydroxylation sites is 1. The quantitative estimate of drug-likeness (QED) is 0.635. The van der Waals surface area contributed by atoms with Gasteiger partial charge in [0.25, 0.3) is 0 Å². The summed E-state index contributed by atoms with van der Waals surface area (Å²) in [7, 11) is -4.28. The minimum atomic E-state index is -4.76. The summed E-state index contributed by atoms with van der Waals surface area (Å²) < 4.78 is 72.0. The number of rotatable bonds is 4. The van der Waals surface area contributed by atoms with Gasteiger partial charge in [0.1, 0.15) is 6.10 Å². The van der Waals surface area contributed by atoms with E-state index in [1.54, 1.807) is 18.2 Å². The summed E-state index contributed by atoms with van der Waals surface area (Å²) in [4.78, 5) is -0.740. The first kappa shape index (κ1) is 21.2. The maximum Gasteiger partial charge on any atom is 0.417 e. The molecule has 0 radical (unpaired) electrons. The second-order valence-corrected chi connectivity index (χ2v) is 8.99. The Kier molecular flexibility index (Phi) is 6.14. The van der Waals surface area contributed by atoms with Gasteiger partial charge in [-0.1, -0.05) is 41.4 Å². The molecular formula is C18H16Cl2F3NO3S. The zero-order valence-corrected chi connectivity index (χ0v) is 16.7. The van der Waals surface area contributed by atoms with Gasteiger partial charge in [0, 0.05) is 13.1 Å². The van der Waals surface area contributed by atoms with Crippen molar-refractivity contribution in [3.05, 3.63) is 58.1 Å². The van der Waals surface area contributed by atoms with Gasteiger partial charge >= 0.3 is 6.18 Å². The van der Waals surface area contributed by atoms with E-state index in [4.69, 9.17) is 27.9 Å². The Morgan fingerprint density at radius 1 is 0.964 bits per heavy atom. The zero-order chi connectivity index (χ0) is 20.5. The number of halogens is 5. The van der Waals surface area contributed by atoms with Gasteiger partial charge < -0.3 is 4.74 Å². The van der Waals surface area contributed by atoms with Crippen molar-refractivity contribution in [1.29, 1.82) is 0 Å². The second-order valence-electron chi connectivity index (χ2n) is 6.27. The van der Waals surface area contributed by atoms with Gasteiger partial charge in [-0.2, -0.15) is 17.5 Å².